The number of carbonyl (C=O) groups is 1. The summed E-state index contributed by atoms with van der Waals surface area (Å²) >= 11 is 0. The zero-order valence-electron chi connectivity index (χ0n) is 10.3. The van der Waals surface area contributed by atoms with Crippen molar-refractivity contribution in [1.82, 2.24) is 5.32 Å². The van der Waals surface area contributed by atoms with Crippen LogP contribution in [0.4, 0.5) is 0 Å². The molecule has 3 nitrogen and oxygen atoms in total. The Bertz CT molecular complexity index is 377. The fraction of sp³-hybridized carbons (Fsp3) is 0.357. The van der Waals surface area contributed by atoms with Crippen LogP contribution in [0.2, 0.25) is 0 Å². The number of aryl methyl sites for hydroxylation is 1. The van der Waals surface area contributed by atoms with Crippen LogP contribution in [0.15, 0.2) is 47.1 Å². The lowest BCUT2D eigenvalue weighted by Crippen LogP contribution is -2.31. The van der Waals surface area contributed by atoms with E-state index in [-0.39, 0.29) is 11.9 Å². The normalized spacial score (nSPS) is 13.3. The molecule has 92 valence electrons. The van der Waals surface area contributed by atoms with Crippen LogP contribution in [0.1, 0.15) is 26.0 Å². The SMILES string of the molecule is C/C=C/C=C/C(=O)N[C@@H](C)CCc1ccco1. The first-order chi connectivity index (χ1) is 8.22. The minimum Gasteiger partial charge on any atom is -0.469 e. The Labute approximate surface area is 102 Å². The predicted octanol–water partition coefficient (Wildman–Crippen LogP) is 2.85. The Morgan fingerprint density at radius 3 is 3.00 bits per heavy atom. The molecule has 0 fully saturated rings. The van der Waals surface area contributed by atoms with E-state index in [1.54, 1.807) is 12.3 Å². The van der Waals surface area contributed by atoms with Gasteiger partial charge in [-0.3, -0.25) is 4.79 Å². The lowest BCUT2D eigenvalue weighted by Gasteiger charge is -2.11. The molecule has 1 aromatic heterocycles. The number of nitrogens with one attached hydrogen (secondary N) is 1. The summed E-state index contributed by atoms with van der Waals surface area (Å²) in [4.78, 5) is 11.4. The largest absolute Gasteiger partial charge is 0.469 e. The fourth-order valence-electron chi connectivity index (χ4n) is 1.43. The summed E-state index contributed by atoms with van der Waals surface area (Å²) < 4.78 is 5.23. The van der Waals surface area contributed by atoms with Gasteiger partial charge in [0.05, 0.1) is 6.26 Å². The maximum Gasteiger partial charge on any atom is 0.244 e. The van der Waals surface area contributed by atoms with Gasteiger partial charge >= 0.3 is 0 Å². The highest BCUT2D eigenvalue weighted by Crippen LogP contribution is 2.05. The van der Waals surface area contributed by atoms with Crippen LogP contribution in [0.25, 0.3) is 0 Å². The highest BCUT2D eigenvalue weighted by molar-refractivity contribution is 5.87. The van der Waals surface area contributed by atoms with Gasteiger partial charge in [-0.1, -0.05) is 18.2 Å². The number of carbonyl (C=O) groups excluding carboxylic acids is 1. The summed E-state index contributed by atoms with van der Waals surface area (Å²) in [6.45, 7) is 3.90. The second-order valence-electron chi connectivity index (χ2n) is 3.91. The molecule has 0 aliphatic heterocycles. The average molecular weight is 233 g/mol. The van der Waals surface area contributed by atoms with E-state index in [4.69, 9.17) is 4.42 Å². The van der Waals surface area contributed by atoms with E-state index < -0.39 is 0 Å². The lowest BCUT2D eigenvalue weighted by atomic mass is 10.1. The zero-order chi connectivity index (χ0) is 12.5. The molecule has 0 aromatic carbocycles. The topological polar surface area (TPSA) is 42.2 Å². The Morgan fingerprint density at radius 1 is 1.53 bits per heavy atom. The summed E-state index contributed by atoms with van der Waals surface area (Å²) in [7, 11) is 0. The minimum atomic E-state index is -0.0601. The quantitative estimate of drug-likeness (QED) is 0.606. The van der Waals surface area contributed by atoms with Gasteiger partial charge in [0.1, 0.15) is 5.76 Å². The van der Waals surface area contributed by atoms with Crippen molar-refractivity contribution in [2.45, 2.75) is 32.7 Å². The molecule has 1 heterocycles. The standard InChI is InChI=1S/C14H19NO2/c1-3-4-5-8-14(16)15-12(2)9-10-13-7-6-11-17-13/h3-8,11-12H,9-10H2,1-2H3,(H,15,16)/b4-3+,8-5+/t12-/m0/s1. The molecule has 1 amide bonds. The number of hydrogen-bond acceptors (Lipinski definition) is 2. The summed E-state index contributed by atoms with van der Waals surface area (Å²) in [5.41, 5.74) is 0. The first-order valence-corrected chi connectivity index (χ1v) is 5.84. The number of hydrogen-bond donors (Lipinski definition) is 1. The Morgan fingerprint density at radius 2 is 2.35 bits per heavy atom. The van der Waals surface area contributed by atoms with Gasteiger partial charge < -0.3 is 9.73 Å². The van der Waals surface area contributed by atoms with Crippen molar-refractivity contribution < 1.29 is 9.21 Å². The number of allylic oxidation sites excluding steroid dienone is 3. The first kappa shape index (κ1) is 13.3. The van der Waals surface area contributed by atoms with Gasteiger partial charge in [-0.15, -0.1) is 0 Å². The average Bonchev–Trinajstić information content (AvgIpc) is 2.79. The molecule has 0 aliphatic rings. The second kappa shape index (κ2) is 7.49. The van der Waals surface area contributed by atoms with Crippen molar-refractivity contribution in [2.24, 2.45) is 0 Å². The van der Waals surface area contributed by atoms with E-state index in [0.29, 0.717) is 0 Å². The van der Waals surface area contributed by atoms with E-state index in [0.717, 1.165) is 18.6 Å². The highest BCUT2D eigenvalue weighted by atomic mass is 16.3. The Balaban J connectivity index is 2.24. The van der Waals surface area contributed by atoms with Crippen LogP contribution in [-0.4, -0.2) is 11.9 Å². The third-order valence-electron chi connectivity index (χ3n) is 2.34. The van der Waals surface area contributed by atoms with Crippen LogP contribution >= 0.6 is 0 Å². The van der Waals surface area contributed by atoms with Gasteiger partial charge in [-0.05, 0) is 32.4 Å². The molecule has 0 spiro atoms. The Hall–Kier alpha value is -1.77. The smallest absolute Gasteiger partial charge is 0.244 e. The van der Waals surface area contributed by atoms with Gasteiger partial charge in [0.25, 0.3) is 0 Å². The number of furan rings is 1. The van der Waals surface area contributed by atoms with Crippen molar-refractivity contribution in [2.75, 3.05) is 0 Å². The molecule has 0 saturated carbocycles. The molecule has 0 unspecified atom stereocenters. The lowest BCUT2D eigenvalue weighted by molar-refractivity contribution is -0.117. The molecule has 0 radical (unpaired) electrons. The Kier molecular flexibility index (Phi) is 5.86. The van der Waals surface area contributed by atoms with Crippen molar-refractivity contribution >= 4 is 5.91 Å². The molecule has 1 rings (SSSR count). The predicted molar refractivity (Wildman–Crippen MR) is 68.6 cm³/mol. The van der Waals surface area contributed by atoms with E-state index in [9.17, 15) is 4.79 Å². The zero-order valence-corrected chi connectivity index (χ0v) is 10.3. The number of rotatable bonds is 6. The summed E-state index contributed by atoms with van der Waals surface area (Å²) in [5, 5.41) is 2.90. The van der Waals surface area contributed by atoms with Gasteiger partial charge in [0.15, 0.2) is 0 Å². The number of amides is 1. The molecule has 1 atom stereocenters. The third kappa shape index (κ3) is 5.76. The van der Waals surface area contributed by atoms with Gasteiger partial charge in [-0.2, -0.15) is 0 Å². The monoisotopic (exact) mass is 233 g/mol. The summed E-state index contributed by atoms with van der Waals surface area (Å²) in [6, 6.07) is 3.96. The minimum absolute atomic E-state index is 0.0601. The van der Waals surface area contributed by atoms with Crippen molar-refractivity contribution in [3.05, 3.63) is 48.5 Å². The van der Waals surface area contributed by atoms with Crippen LogP contribution in [0.5, 0.6) is 0 Å². The van der Waals surface area contributed by atoms with Crippen LogP contribution in [0, 0.1) is 0 Å². The molecule has 0 bridgehead atoms. The molecular formula is C14H19NO2. The molecule has 3 heteroatoms. The highest BCUT2D eigenvalue weighted by Gasteiger charge is 2.05. The van der Waals surface area contributed by atoms with E-state index >= 15 is 0 Å². The molecule has 0 saturated heterocycles. The molecular weight excluding hydrogens is 214 g/mol. The maximum atomic E-state index is 11.4. The fourth-order valence-corrected chi connectivity index (χ4v) is 1.43. The van der Waals surface area contributed by atoms with E-state index in [1.165, 1.54) is 6.08 Å². The van der Waals surface area contributed by atoms with Gasteiger partial charge in [0, 0.05) is 18.5 Å². The van der Waals surface area contributed by atoms with E-state index in [2.05, 4.69) is 5.32 Å². The first-order valence-electron chi connectivity index (χ1n) is 5.84. The molecule has 1 aromatic rings. The van der Waals surface area contributed by atoms with Crippen molar-refractivity contribution in [3.63, 3.8) is 0 Å². The summed E-state index contributed by atoms with van der Waals surface area (Å²) in [5.74, 6) is 0.894. The van der Waals surface area contributed by atoms with Crippen LogP contribution < -0.4 is 5.32 Å². The maximum absolute atomic E-state index is 11.4. The van der Waals surface area contributed by atoms with Crippen molar-refractivity contribution in [1.29, 1.82) is 0 Å². The molecule has 1 N–H and O–H groups in total. The van der Waals surface area contributed by atoms with Crippen LogP contribution in [0.3, 0.4) is 0 Å². The molecule has 0 aliphatic carbocycles. The second-order valence-corrected chi connectivity index (χ2v) is 3.91. The van der Waals surface area contributed by atoms with Crippen molar-refractivity contribution in [3.8, 4) is 0 Å². The summed E-state index contributed by atoms with van der Waals surface area (Å²) in [6.07, 6.45) is 10.3. The third-order valence-corrected chi connectivity index (χ3v) is 2.34. The molecule has 17 heavy (non-hydrogen) atoms. The van der Waals surface area contributed by atoms with Crippen LogP contribution in [-0.2, 0) is 11.2 Å². The van der Waals surface area contributed by atoms with Gasteiger partial charge in [0.2, 0.25) is 5.91 Å². The van der Waals surface area contributed by atoms with Gasteiger partial charge in [-0.25, -0.2) is 0 Å². The van der Waals surface area contributed by atoms with E-state index in [1.807, 2.05) is 38.1 Å².